The molecule has 0 spiro atoms. The Kier molecular flexibility index (Phi) is 6.91. The summed E-state index contributed by atoms with van der Waals surface area (Å²) in [5, 5.41) is 18.9. The molecular formula is C14H20N3O8P. The van der Waals surface area contributed by atoms with Crippen LogP contribution in [0.15, 0.2) is 11.0 Å². The van der Waals surface area contributed by atoms with Crippen LogP contribution >= 0.6 is 7.82 Å². The Morgan fingerprint density at radius 3 is 2.92 bits per heavy atom. The Morgan fingerprint density at radius 1 is 1.58 bits per heavy atom. The number of nitrogens with two attached hydrogens (primary N) is 1. The Labute approximate surface area is 148 Å². The number of phosphoric acid groups is 1. The maximum atomic E-state index is 12.0. The third-order valence-corrected chi connectivity index (χ3v) is 4.58. The normalized spacial score (nSPS) is 24.7. The average Bonchev–Trinajstić information content (AvgIpc) is 2.96. The molecule has 144 valence electrons. The van der Waals surface area contributed by atoms with Gasteiger partial charge in [0.2, 0.25) is 0 Å². The highest BCUT2D eigenvalue weighted by molar-refractivity contribution is 7.47. The van der Waals surface area contributed by atoms with E-state index in [-0.39, 0.29) is 37.4 Å². The first-order chi connectivity index (χ1) is 12.3. The number of hydrogen-bond donors (Lipinski definition) is 4. The van der Waals surface area contributed by atoms with Crippen LogP contribution in [0.25, 0.3) is 0 Å². The number of anilines is 1. The Balaban J connectivity index is 2.10. The number of nitrogens with zero attached hydrogens (tertiary/aromatic N) is 2. The van der Waals surface area contributed by atoms with Gasteiger partial charge in [0, 0.05) is 26.1 Å². The van der Waals surface area contributed by atoms with Gasteiger partial charge in [-0.1, -0.05) is 11.8 Å². The van der Waals surface area contributed by atoms with Crippen LogP contribution in [0.2, 0.25) is 0 Å². The van der Waals surface area contributed by atoms with Gasteiger partial charge in [0.1, 0.15) is 18.1 Å². The highest BCUT2D eigenvalue weighted by atomic mass is 31.2. The van der Waals surface area contributed by atoms with E-state index < -0.39 is 31.9 Å². The molecule has 1 fully saturated rings. The van der Waals surface area contributed by atoms with E-state index in [1.54, 1.807) is 0 Å². The zero-order chi connectivity index (χ0) is 19.3. The van der Waals surface area contributed by atoms with E-state index in [9.17, 15) is 14.5 Å². The van der Waals surface area contributed by atoms with Crippen molar-refractivity contribution in [3.63, 3.8) is 0 Å². The second kappa shape index (κ2) is 8.75. The number of ether oxygens (including phenoxy) is 1. The minimum atomic E-state index is -4.05. The quantitative estimate of drug-likeness (QED) is 0.268. The van der Waals surface area contributed by atoms with Crippen LogP contribution in [0, 0.1) is 11.8 Å². The van der Waals surface area contributed by atoms with Crippen molar-refractivity contribution in [1.29, 1.82) is 0 Å². The molecule has 26 heavy (non-hydrogen) atoms. The second-order valence-corrected chi connectivity index (χ2v) is 6.94. The van der Waals surface area contributed by atoms with Crippen LogP contribution in [0.3, 0.4) is 0 Å². The molecule has 0 radical (unpaired) electrons. The lowest BCUT2D eigenvalue weighted by Gasteiger charge is -2.15. The monoisotopic (exact) mass is 389 g/mol. The van der Waals surface area contributed by atoms with E-state index in [0.29, 0.717) is 0 Å². The van der Waals surface area contributed by atoms with Crippen molar-refractivity contribution in [2.75, 3.05) is 26.1 Å². The molecule has 1 aromatic rings. The van der Waals surface area contributed by atoms with E-state index in [0.717, 1.165) is 11.7 Å². The second-order valence-electron chi connectivity index (χ2n) is 5.38. The Morgan fingerprint density at radius 2 is 2.31 bits per heavy atom. The zero-order valence-corrected chi connectivity index (χ0v) is 14.8. The third kappa shape index (κ3) is 5.12. The Bertz CT molecular complexity index is 802. The summed E-state index contributed by atoms with van der Waals surface area (Å²) in [6.45, 7) is -0.518. The number of phosphoric ester groups is 1. The van der Waals surface area contributed by atoms with Crippen molar-refractivity contribution in [2.45, 2.75) is 31.3 Å². The SMILES string of the molecule is COP(=O)(O)OCCC#Cc1cn(C2CC(O)C(CO)O2)c(=O)nc1N. The van der Waals surface area contributed by atoms with Gasteiger partial charge in [-0.25, -0.2) is 9.36 Å². The summed E-state index contributed by atoms with van der Waals surface area (Å²) in [6, 6.07) is 0. The molecule has 1 saturated heterocycles. The fourth-order valence-corrected chi connectivity index (χ4v) is 2.68. The molecule has 0 saturated carbocycles. The fraction of sp³-hybridized carbons (Fsp3) is 0.571. The minimum Gasteiger partial charge on any atom is -0.394 e. The van der Waals surface area contributed by atoms with Gasteiger partial charge in [0.05, 0.1) is 24.9 Å². The van der Waals surface area contributed by atoms with Gasteiger partial charge >= 0.3 is 13.5 Å². The number of nitrogen functional groups attached to an aromatic ring is 1. The van der Waals surface area contributed by atoms with Crippen molar-refractivity contribution in [1.82, 2.24) is 9.55 Å². The first-order valence-corrected chi connectivity index (χ1v) is 9.12. The van der Waals surface area contributed by atoms with E-state index in [2.05, 4.69) is 25.9 Å². The molecule has 0 aromatic carbocycles. The van der Waals surface area contributed by atoms with Crippen LogP contribution in [0.1, 0.15) is 24.6 Å². The van der Waals surface area contributed by atoms with Gasteiger partial charge in [-0.2, -0.15) is 4.98 Å². The summed E-state index contributed by atoms with van der Waals surface area (Å²) in [6.07, 6.45) is -0.921. The van der Waals surface area contributed by atoms with Crippen LogP contribution in [0.4, 0.5) is 5.82 Å². The highest BCUT2D eigenvalue weighted by Crippen LogP contribution is 2.41. The number of aliphatic hydroxyl groups is 2. The molecule has 1 aliphatic heterocycles. The summed E-state index contributed by atoms with van der Waals surface area (Å²) in [5.74, 6) is 5.28. The molecule has 11 nitrogen and oxygen atoms in total. The van der Waals surface area contributed by atoms with Crippen LogP contribution in [0.5, 0.6) is 0 Å². The van der Waals surface area contributed by atoms with Gasteiger partial charge in [-0.3, -0.25) is 13.6 Å². The van der Waals surface area contributed by atoms with Gasteiger partial charge in [-0.15, -0.1) is 0 Å². The summed E-state index contributed by atoms with van der Waals surface area (Å²) in [7, 11) is -3.00. The van der Waals surface area contributed by atoms with E-state index in [4.69, 9.17) is 20.5 Å². The average molecular weight is 389 g/mol. The number of rotatable bonds is 6. The van der Waals surface area contributed by atoms with Gasteiger partial charge in [0.15, 0.2) is 0 Å². The van der Waals surface area contributed by atoms with Crippen molar-refractivity contribution in [2.24, 2.45) is 0 Å². The van der Waals surface area contributed by atoms with Crippen molar-refractivity contribution in [3.8, 4) is 11.8 Å². The fourth-order valence-electron chi connectivity index (χ4n) is 2.26. The molecule has 2 rings (SSSR count). The largest absolute Gasteiger partial charge is 0.471 e. The van der Waals surface area contributed by atoms with Gasteiger partial charge < -0.3 is 25.6 Å². The smallest absolute Gasteiger partial charge is 0.394 e. The maximum Gasteiger partial charge on any atom is 0.471 e. The van der Waals surface area contributed by atoms with Crippen molar-refractivity contribution in [3.05, 3.63) is 22.2 Å². The number of aromatic nitrogens is 2. The molecule has 5 N–H and O–H groups in total. The highest BCUT2D eigenvalue weighted by Gasteiger charge is 2.35. The summed E-state index contributed by atoms with van der Waals surface area (Å²) in [5.41, 5.74) is 5.25. The lowest BCUT2D eigenvalue weighted by atomic mass is 10.2. The molecule has 0 bridgehead atoms. The number of aliphatic hydroxyl groups excluding tert-OH is 2. The molecular weight excluding hydrogens is 369 g/mol. The molecule has 4 unspecified atom stereocenters. The standard InChI is InChI=1S/C14H20N3O8P/c1-23-26(21,22)24-5-3-2-4-9-7-17(14(20)16-13(9)15)12-6-10(19)11(8-18)25-12/h7,10-12,18-19H,3,5-6,8H2,1H3,(H,21,22)(H2,15,16,20). The Hall–Kier alpha value is -1.77. The summed E-state index contributed by atoms with van der Waals surface area (Å²) >= 11 is 0. The van der Waals surface area contributed by atoms with Crippen LogP contribution in [-0.4, -0.2) is 57.2 Å². The van der Waals surface area contributed by atoms with Gasteiger partial charge in [0.25, 0.3) is 0 Å². The molecule has 4 atom stereocenters. The maximum absolute atomic E-state index is 12.0. The van der Waals surface area contributed by atoms with Crippen molar-refractivity contribution < 1.29 is 33.5 Å². The van der Waals surface area contributed by atoms with E-state index >= 15 is 0 Å². The molecule has 1 aliphatic rings. The molecule has 0 amide bonds. The predicted molar refractivity (Wildman–Crippen MR) is 88.8 cm³/mol. The van der Waals surface area contributed by atoms with E-state index in [1.165, 1.54) is 6.20 Å². The minimum absolute atomic E-state index is 0.0818. The first-order valence-electron chi connectivity index (χ1n) is 7.62. The number of hydrogen-bond acceptors (Lipinski definition) is 9. The van der Waals surface area contributed by atoms with Crippen molar-refractivity contribution >= 4 is 13.6 Å². The predicted octanol–water partition coefficient (Wildman–Crippen LogP) is -1.03. The molecule has 1 aromatic heterocycles. The van der Waals surface area contributed by atoms with Crippen LogP contribution in [-0.2, 0) is 18.3 Å². The lowest BCUT2D eigenvalue weighted by Crippen LogP contribution is -2.28. The molecule has 0 aliphatic carbocycles. The summed E-state index contributed by atoms with van der Waals surface area (Å²) in [4.78, 5) is 24.8. The van der Waals surface area contributed by atoms with Gasteiger partial charge in [-0.05, 0) is 0 Å². The topological polar surface area (TPSA) is 166 Å². The third-order valence-electron chi connectivity index (χ3n) is 3.61. The zero-order valence-electron chi connectivity index (χ0n) is 13.9. The van der Waals surface area contributed by atoms with E-state index in [1.807, 2.05) is 0 Å². The van der Waals surface area contributed by atoms with Crippen LogP contribution < -0.4 is 11.4 Å². The lowest BCUT2D eigenvalue weighted by molar-refractivity contribution is -0.0458. The molecule has 12 heteroatoms. The summed E-state index contributed by atoms with van der Waals surface area (Å²) < 4.78 is 26.6. The first kappa shape index (κ1) is 20.5. The molecule has 2 heterocycles.